The Morgan fingerprint density at radius 2 is 2.10 bits per heavy atom. The second-order valence-electron chi connectivity index (χ2n) is 4.83. The van der Waals surface area contributed by atoms with E-state index < -0.39 is 23.6 Å². The van der Waals surface area contributed by atoms with Gasteiger partial charge in [-0.3, -0.25) is 9.59 Å². The summed E-state index contributed by atoms with van der Waals surface area (Å²) in [6, 6.07) is 2.55. The lowest BCUT2D eigenvalue weighted by Gasteiger charge is -2.21. The minimum absolute atomic E-state index is 0.163. The van der Waals surface area contributed by atoms with E-state index >= 15 is 0 Å². The lowest BCUT2D eigenvalue weighted by atomic mass is 10.1. The number of benzene rings is 1. The fourth-order valence-corrected chi connectivity index (χ4v) is 2.04. The van der Waals surface area contributed by atoms with Crippen molar-refractivity contribution < 1.29 is 18.4 Å². The molecule has 0 saturated carbocycles. The monoisotopic (exact) mass is 295 g/mol. The van der Waals surface area contributed by atoms with Crippen molar-refractivity contribution in [1.82, 2.24) is 10.3 Å². The van der Waals surface area contributed by atoms with Gasteiger partial charge in [-0.25, -0.2) is 13.8 Å². The Hall–Kier alpha value is -2.31. The molecule has 5 nitrogen and oxygen atoms in total. The van der Waals surface area contributed by atoms with Crippen LogP contribution in [0.4, 0.5) is 8.78 Å². The predicted octanol–water partition coefficient (Wildman–Crippen LogP) is 1.75. The van der Waals surface area contributed by atoms with Crippen LogP contribution in [0.25, 0.3) is 0 Å². The van der Waals surface area contributed by atoms with E-state index in [-0.39, 0.29) is 30.0 Å². The molecule has 2 rings (SSSR count). The predicted molar refractivity (Wildman–Crippen MR) is 72.4 cm³/mol. The van der Waals surface area contributed by atoms with Crippen LogP contribution in [0.3, 0.4) is 0 Å². The molecule has 0 radical (unpaired) electrons. The van der Waals surface area contributed by atoms with Crippen LogP contribution in [0.15, 0.2) is 23.3 Å². The van der Waals surface area contributed by atoms with Crippen LogP contribution in [0.1, 0.15) is 31.4 Å². The average Bonchev–Trinajstić information content (AvgIpc) is 2.41. The summed E-state index contributed by atoms with van der Waals surface area (Å²) in [6.45, 7) is 1.59. The minimum atomic E-state index is -0.722. The number of carbonyl (C=O) groups excluding carboxylic acids is 2. The van der Waals surface area contributed by atoms with Gasteiger partial charge in [0.05, 0.1) is 6.04 Å². The van der Waals surface area contributed by atoms with Gasteiger partial charge in [0.1, 0.15) is 17.3 Å². The Bertz CT molecular complexity index is 616. The van der Waals surface area contributed by atoms with Gasteiger partial charge in [0.15, 0.2) is 0 Å². The van der Waals surface area contributed by atoms with Gasteiger partial charge in [-0.1, -0.05) is 6.07 Å². The van der Waals surface area contributed by atoms with Gasteiger partial charge in [0, 0.05) is 31.5 Å². The molecule has 21 heavy (non-hydrogen) atoms. The highest BCUT2D eigenvalue weighted by atomic mass is 19.1. The van der Waals surface area contributed by atoms with Crippen LogP contribution in [0, 0.1) is 11.6 Å². The van der Waals surface area contributed by atoms with Crippen molar-refractivity contribution in [2.45, 2.75) is 25.8 Å². The molecule has 112 valence electrons. The number of amides is 2. The van der Waals surface area contributed by atoms with E-state index in [2.05, 4.69) is 10.4 Å². The molecule has 0 unspecified atom stereocenters. The second kappa shape index (κ2) is 5.99. The van der Waals surface area contributed by atoms with Gasteiger partial charge in [-0.15, -0.1) is 0 Å². The molecule has 1 aliphatic rings. The number of nitrogens with one attached hydrogen (secondary N) is 1. The zero-order chi connectivity index (χ0) is 15.6. The highest BCUT2D eigenvalue weighted by Crippen LogP contribution is 2.18. The van der Waals surface area contributed by atoms with Crippen molar-refractivity contribution in [2.75, 3.05) is 7.05 Å². The second-order valence-corrected chi connectivity index (χ2v) is 4.83. The SMILES string of the molecule is C[C@@H](NC(=O)C1=NN(C)C(=O)CC1)c1ccc(F)cc1F. The van der Waals surface area contributed by atoms with E-state index in [0.717, 1.165) is 17.1 Å². The lowest BCUT2D eigenvalue weighted by molar-refractivity contribution is -0.130. The Balaban J connectivity index is 2.09. The maximum Gasteiger partial charge on any atom is 0.267 e. The van der Waals surface area contributed by atoms with E-state index in [4.69, 9.17) is 0 Å². The van der Waals surface area contributed by atoms with Gasteiger partial charge in [0.25, 0.3) is 5.91 Å². The first-order valence-electron chi connectivity index (χ1n) is 6.48. The molecule has 0 aliphatic carbocycles. The number of hydrazone groups is 1. The largest absolute Gasteiger partial charge is 0.344 e. The van der Waals surface area contributed by atoms with Gasteiger partial charge in [-0.2, -0.15) is 5.10 Å². The first kappa shape index (κ1) is 15.1. The molecule has 7 heteroatoms. The van der Waals surface area contributed by atoms with E-state index in [9.17, 15) is 18.4 Å². The Kier molecular flexibility index (Phi) is 4.30. The molecular weight excluding hydrogens is 280 g/mol. The molecule has 0 spiro atoms. The van der Waals surface area contributed by atoms with E-state index in [1.165, 1.54) is 13.1 Å². The van der Waals surface area contributed by atoms with Crippen LogP contribution in [0.2, 0.25) is 0 Å². The van der Waals surface area contributed by atoms with Crippen LogP contribution in [0.5, 0.6) is 0 Å². The molecule has 1 atom stereocenters. The van der Waals surface area contributed by atoms with E-state index in [0.29, 0.717) is 0 Å². The Morgan fingerprint density at radius 1 is 1.38 bits per heavy atom. The van der Waals surface area contributed by atoms with Crippen molar-refractivity contribution in [3.8, 4) is 0 Å². The normalized spacial score (nSPS) is 16.5. The standard InChI is InChI=1S/C14H15F2N3O2/c1-8(10-4-3-9(15)7-11(10)16)17-14(21)12-5-6-13(20)19(2)18-12/h3-4,7-8H,5-6H2,1-2H3,(H,17,21)/t8-/m1/s1. The molecule has 1 aromatic rings. The van der Waals surface area contributed by atoms with Crippen LogP contribution in [-0.4, -0.2) is 29.6 Å². The van der Waals surface area contributed by atoms with Crippen LogP contribution in [-0.2, 0) is 9.59 Å². The van der Waals surface area contributed by atoms with Crippen molar-refractivity contribution in [1.29, 1.82) is 0 Å². The molecule has 0 bridgehead atoms. The zero-order valence-corrected chi connectivity index (χ0v) is 11.7. The Morgan fingerprint density at radius 3 is 2.71 bits per heavy atom. The highest BCUT2D eigenvalue weighted by Gasteiger charge is 2.23. The first-order chi connectivity index (χ1) is 9.88. The summed E-state index contributed by atoms with van der Waals surface area (Å²) in [6.07, 6.45) is 0.454. The zero-order valence-electron chi connectivity index (χ0n) is 11.7. The summed E-state index contributed by atoms with van der Waals surface area (Å²) in [7, 11) is 1.47. The number of carbonyl (C=O) groups is 2. The highest BCUT2D eigenvalue weighted by molar-refractivity contribution is 6.39. The third-order valence-electron chi connectivity index (χ3n) is 3.25. The van der Waals surface area contributed by atoms with Crippen LogP contribution >= 0.6 is 0 Å². The number of hydrogen-bond donors (Lipinski definition) is 1. The number of nitrogens with zero attached hydrogens (tertiary/aromatic N) is 2. The topological polar surface area (TPSA) is 61.8 Å². The number of rotatable bonds is 3. The first-order valence-corrected chi connectivity index (χ1v) is 6.48. The molecule has 2 amide bonds. The number of hydrogen-bond acceptors (Lipinski definition) is 3. The van der Waals surface area contributed by atoms with Crippen molar-refractivity contribution in [3.05, 3.63) is 35.4 Å². The summed E-state index contributed by atoms with van der Waals surface area (Å²) in [4.78, 5) is 23.3. The fourth-order valence-electron chi connectivity index (χ4n) is 2.04. The van der Waals surface area contributed by atoms with Gasteiger partial charge in [0.2, 0.25) is 5.91 Å². The molecule has 1 aliphatic heterocycles. The molecule has 0 aromatic heterocycles. The molecule has 1 heterocycles. The third kappa shape index (κ3) is 3.42. The van der Waals surface area contributed by atoms with Gasteiger partial charge in [-0.05, 0) is 13.0 Å². The number of halogens is 2. The maximum atomic E-state index is 13.6. The summed E-state index contributed by atoms with van der Waals surface area (Å²) >= 11 is 0. The molecular formula is C14H15F2N3O2. The summed E-state index contributed by atoms with van der Waals surface area (Å²) in [5.41, 5.74) is 0.400. The molecule has 1 N–H and O–H groups in total. The summed E-state index contributed by atoms with van der Waals surface area (Å²) in [5.74, 6) is -2.03. The lowest BCUT2D eigenvalue weighted by Crippen LogP contribution is -2.38. The maximum absolute atomic E-state index is 13.6. The van der Waals surface area contributed by atoms with Gasteiger partial charge >= 0.3 is 0 Å². The third-order valence-corrected chi connectivity index (χ3v) is 3.25. The molecule has 0 saturated heterocycles. The fraction of sp³-hybridized carbons (Fsp3) is 0.357. The van der Waals surface area contributed by atoms with Crippen molar-refractivity contribution in [2.24, 2.45) is 5.10 Å². The summed E-state index contributed by atoms with van der Waals surface area (Å²) < 4.78 is 26.5. The quantitative estimate of drug-likeness (QED) is 0.923. The Labute approximate surface area is 120 Å². The van der Waals surface area contributed by atoms with Gasteiger partial charge < -0.3 is 5.32 Å². The minimum Gasteiger partial charge on any atom is -0.344 e. The smallest absolute Gasteiger partial charge is 0.267 e. The van der Waals surface area contributed by atoms with Crippen molar-refractivity contribution >= 4 is 17.5 Å². The molecule has 0 fully saturated rings. The summed E-state index contributed by atoms with van der Waals surface area (Å²) in [5, 5.41) is 7.59. The molecule has 1 aromatic carbocycles. The van der Waals surface area contributed by atoms with E-state index in [1.807, 2.05) is 0 Å². The average molecular weight is 295 g/mol. The van der Waals surface area contributed by atoms with E-state index in [1.54, 1.807) is 6.92 Å². The van der Waals surface area contributed by atoms with Crippen molar-refractivity contribution in [3.63, 3.8) is 0 Å². The van der Waals surface area contributed by atoms with Crippen LogP contribution < -0.4 is 5.32 Å².